The van der Waals surface area contributed by atoms with Crippen molar-refractivity contribution in [2.24, 2.45) is 23.0 Å². The molecule has 0 spiro atoms. The second-order valence-electron chi connectivity index (χ2n) is 6.11. The molecule has 0 aliphatic heterocycles. The fraction of sp³-hybridized carbons (Fsp3) is 1.00. The molecule has 2 nitrogen and oxygen atoms in total. The van der Waals surface area contributed by atoms with Gasteiger partial charge in [0, 0.05) is 12.1 Å². The van der Waals surface area contributed by atoms with Gasteiger partial charge in [-0.25, -0.2) is 0 Å². The van der Waals surface area contributed by atoms with Gasteiger partial charge >= 0.3 is 0 Å². The number of rotatable bonds is 3. The van der Waals surface area contributed by atoms with Crippen LogP contribution in [0.2, 0.25) is 0 Å². The molecule has 3 N–H and O–H groups in total. The summed E-state index contributed by atoms with van der Waals surface area (Å²) in [7, 11) is 0. The molecule has 0 aromatic carbocycles. The molecule has 0 radical (unpaired) electrons. The van der Waals surface area contributed by atoms with E-state index >= 15 is 0 Å². The zero-order valence-electron chi connectivity index (χ0n) is 11.0. The number of hydrogen-bond acceptors (Lipinski definition) is 2. The van der Waals surface area contributed by atoms with E-state index in [9.17, 15) is 0 Å². The topological polar surface area (TPSA) is 38.0 Å². The van der Waals surface area contributed by atoms with Crippen LogP contribution in [0.4, 0.5) is 0 Å². The molecule has 0 saturated heterocycles. The Morgan fingerprint density at radius 1 is 1.33 bits per heavy atom. The van der Waals surface area contributed by atoms with Crippen molar-refractivity contribution in [2.75, 3.05) is 6.54 Å². The monoisotopic (exact) mass is 212 g/mol. The maximum atomic E-state index is 6.15. The van der Waals surface area contributed by atoms with Gasteiger partial charge in [-0.2, -0.15) is 0 Å². The summed E-state index contributed by atoms with van der Waals surface area (Å²) in [5.74, 6) is 1.40. The highest BCUT2D eigenvalue weighted by atomic mass is 14.9. The Bertz CT molecular complexity index is 199. The molecule has 0 aromatic rings. The van der Waals surface area contributed by atoms with E-state index in [1.54, 1.807) is 0 Å². The molecule has 1 fully saturated rings. The van der Waals surface area contributed by atoms with Crippen molar-refractivity contribution in [1.82, 2.24) is 5.32 Å². The molecule has 0 aromatic heterocycles. The van der Waals surface area contributed by atoms with Crippen molar-refractivity contribution in [3.63, 3.8) is 0 Å². The smallest absolute Gasteiger partial charge is 0.00698 e. The van der Waals surface area contributed by atoms with E-state index < -0.39 is 0 Å². The minimum absolute atomic E-state index is 0.375. The lowest BCUT2D eigenvalue weighted by molar-refractivity contribution is 0.0530. The Hall–Kier alpha value is -0.0800. The standard InChI is InChI=1S/C13H28N2/c1-9(2)15-8-11-6-7-12(14)10(3)13(11,4)5/h9-12,15H,6-8,14H2,1-5H3. The van der Waals surface area contributed by atoms with Gasteiger partial charge in [0.25, 0.3) is 0 Å². The third kappa shape index (κ3) is 2.94. The molecule has 1 aliphatic rings. The summed E-state index contributed by atoms with van der Waals surface area (Å²) in [5.41, 5.74) is 6.53. The zero-order chi connectivity index (χ0) is 11.6. The molecule has 3 unspecified atom stereocenters. The minimum atomic E-state index is 0.375. The molecule has 0 amide bonds. The van der Waals surface area contributed by atoms with Crippen LogP contribution >= 0.6 is 0 Å². The van der Waals surface area contributed by atoms with Crippen molar-refractivity contribution in [2.45, 2.75) is 59.5 Å². The Labute approximate surface area is 95.0 Å². The van der Waals surface area contributed by atoms with Crippen molar-refractivity contribution >= 4 is 0 Å². The molecule has 1 rings (SSSR count). The van der Waals surface area contributed by atoms with Crippen LogP contribution in [0.3, 0.4) is 0 Å². The van der Waals surface area contributed by atoms with Gasteiger partial charge in [-0.05, 0) is 36.6 Å². The van der Waals surface area contributed by atoms with E-state index in [-0.39, 0.29) is 0 Å². The molecule has 1 aliphatic carbocycles. The Kier molecular flexibility index (Phi) is 4.19. The Morgan fingerprint density at radius 2 is 1.93 bits per heavy atom. The van der Waals surface area contributed by atoms with Crippen LogP contribution < -0.4 is 11.1 Å². The van der Waals surface area contributed by atoms with Gasteiger partial charge in [-0.1, -0.05) is 34.6 Å². The summed E-state index contributed by atoms with van der Waals surface area (Å²) in [6.45, 7) is 12.6. The summed E-state index contributed by atoms with van der Waals surface area (Å²) >= 11 is 0. The van der Waals surface area contributed by atoms with E-state index in [2.05, 4.69) is 39.9 Å². The SMILES string of the molecule is CC(C)NCC1CCC(N)C(C)C1(C)C. The summed E-state index contributed by atoms with van der Waals surface area (Å²) in [4.78, 5) is 0. The van der Waals surface area contributed by atoms with Gasteiger partial charge < -0.3 is 11.1 Å². The molecular weight excluding hydrogens is 184 g/mol. The third-order valence-corrected chi connectivity index (χ3v) is 4.49. The lowest BCUT2D eigenvalue weighted by Crippen LogP contribution is -2.49. The lowest BCUT2D eigenvalue weighted by Gasteiger charge is -2.47. The fourth-order valence-electron chi connectivity index (χ4n) is 2.68. The Balaban J connectivity index is 2.57. The maximum Gasteiger partial charge on any atom is 0.00698 e. The largest absolute Gasteiger partial charge is 0.327 e. The van der Waals surface area contributed by atoms with Crippen molar-refractivity contribution in [1.29, 1.82) is 0 Å². The average molecular weight is 212 g/mol. The molecule has 0 bridgehead atoms. The van der Waals surface area contributed by atoms with E-state index in [1.165, 1.54) is 12.8 Å². The van der Waals surface area contributed by atoms with E-state index in [4.69, 9.17) is 5.73 Å². The molecule has 1 saturated carbocycles. The first-order valence-corrected chi connectivity index (χ1v) is 6.34. The molecule has 0 heterocycles. The van der Waals surface area contributed by atoms with Crippen LogP contribution in [0.15, 0.2) is 0 Å². The van der Waals surface area contributed by atoms with Crippen LogP contribution in [0.25, 0.3) is 0 Å². The minimum Gasteiger partial charge on any atom is -0.327 e. The first-order valence-electron chi connectivity index (χ1n) is 6.34. The molecule has 90 valence electrons. The van der Waals surface area contributed by atoms with Crippen LogP contribution in [-0.4, -0.2) is 18.6 Å². The summed E-state index contributed by atoms with van der Waals surface area (Å²) in [5, 5.41) is 3.57. The van der Waals surface area contributed by atoms with E-state index in [0.29, 0.717) is 23.4 Å². The summed E-state index contributed by atoms with van der Waals surface area (Å²) in [6, 6.07) is 0.988. The van der Waals surface area contributed by atoms with E-state index in [1.807, 2.05) is 0 Å². The molecule has 2 heteroatoms. The number of nitrogens with one attached hydrogen (secondary N) is 1. The van der Waals surface area contributed by atoms with Gasteiger partial charge in [0.1, 0.15) is 0 Å². The van der Waals surface area contributed by atoms with Gasteiger partial charge in [0.2, 0.25) is 0 Å². The van der Waals surface area contributed by atoms with Crippen LogP contribution in [0, 0.1) is 17.3 Å². The molecule has 3 atom stereocenters. The van der Waals surface area contributed by atoms with Gasteiger partial charge in [0.05, 0.1) is 0 Å². The maximum absolute atomic E-state index is 6.15. The lowest BCUT2D eigenvalue weighted by atomic mass is 9.61. The Morgan fingerprint density at radius 3 is 2.47 bits per heavy atom. The second kappa shape index (κ2) is 4.84. The van der Waals surface area contributed by atoms with Gasteiger partial charge in [-0.3, -0.25) is 0 Å². The number of nitrogens with two attached hydrogens (primary N) is 1. The summed E-state index contributed by atoms with van der Waals surface area (Å²) in [6.07, 6.45) is 2.47. The number of hydrogen-bond donors (Lipinski definition) is 2. The quantitative estimate of drug-likeness (QED) is 0.754. The molecular formula is C13H28N2. The highest BCUT2D eigenvalue weighted by Gasteiger charge is 2.41. The normalized spacial score (nSPS) is 35.8. The third-order valence-electron chi connectivity index (χ3n) is 4.49. The van der Waals surface area contributed by atoms with Crippen LogP contribution in [-0.2, 0) is 0 Å². The first kappa shape index (κ1) is 13.0. The predicted molar refractivity (Wildman–Crippen MR) is 66.8 cm³/mol. The van der Waals surface area contributed by atoms with Gasteiger partial charge in [-0.15, -0.1) is 0 Å². The average Bonchev–Trinajstić information content (AvgIpc) is 2.13. The second-order valence-corrected chi connectivity index (χ2v) is 6.11. The summed E-state index contributed by atoms with van der Waals surface area (Å²) < 4.78 is 0. The van der Waals surface area contributed by atoms with E-state index in [0.717, 1.165) is 12.5 Å². The van der Waals surface area contributed by atoms with Gasteiger partial charge in [0.15, 0.2) is 0 Å². The van der Waals surface area contributed by atoms with Crippen molar-refractivity contribution < 1.29 is 0 Å². The highest BCUT2D eigenvalue weighted by Crippen LogP contribution is 2.43. The van der Waals surface area contributed by atoms with Crippen molar-refractivity contribution in [3.05, 3.63) is 0 Å². The highest BCUT2D eigenvalue weighted by molar-refractivity contribution is 4.94. The first-order chi connectivity index (χ1) is 6.85. The predicted octanol–water partition coefficient (Wildman–Crippen LogP) is 2.38. The molecule has 15 heavy (non-hydrogen) atoms. The zero-order valence-corrected chi connectivity index (χ0v) is 11.0. The van der Waals surface area contributed by atoms with Crippen LogP contribution in [0.1, 0.15) is 47.5 Å². The fourth-order valence-corrected chi connectivity index (χ4v) is 2.68. The van der Waals surface area contributed by atoms with Crippen molar-refractivity contribution in [3.8, 4) is 0 Å². The van der Waals surface area contributed by atoms with Crippen LogP contribution in [0.5, 0.6) is 0 Å².